The van der Waals surface area contributed by atoms with Gasteiger partial charge in [0.1, 0.15) is 0 Å². The molecule has 5 heteroatoms. The summed E-state index contributed by atoms with van der Waals surface area (Å²) >= 11 is 7.98. The second-order valence-corrected chi connectivity index (χ2v) is 6.26. The van der Waals surface area contributed by atoms with Crippen molar-refractivity contribution < 1.29 is 4.79 Å². The number of nitrogens with two attached hydrogens (primary N) is 1. The molecule has 1 aromatic rings. The summed E-state index contributed by atoms with van der Waals surface area (Å²) in [5, 5.41) is 3.51. The van der Waals surface area contributed by atoms with Crippen molar-refractivity contribution in [3.63, 3.8) is 0 Å². The fourth-order valence-electron chi connectivity index (χ4n) is 1.24. The van der Waals surface area contributed by atoms with Gasteiger partial charge in [-0.2, -0.15) is 0 Å². The lowest BCUT2D eigenvalue weighted by atomic mass is 10.00. The van der Waals surface area contributed by atoms with Gasteiger partial charge < -0.3 is 11.1 Å². The molecular weight excluding hydrogens is 351 g/mol. The molecule has 0 aliphatic rings. The Morgan fingerprint density at radius 3 is 2.71 bits per heavy atom. The Hall–Kier alpha value is -0.330. The van der Waals surface area contributed by atoms with Gasteiger partial charge in [0, 0.05) is 20.6 Å². The minimum absolute atomic E-state index is 0.0243. The number of hydrogen-bond acceptors (Lipinski definition) is 2. The van der Waals surface area contributed by atoms with Crippen LogP contribution in [-0.4, -0.2) is 11.4 Å². The van der Waals surface area contributed by atoms with Gasteiger partial charge in [0.05, 0.1) is 5.69 Å². The molecule has 1 amide bonds. The Morgan fingerprint density at radius 1 is 1.53 bits per heavy atom. The van der Waals surface area contributed by atoms with Gasteiger partial charge in [0.15, 0.2) is 0 Å². The molecule has 0 heterocycles. The average Bonchev–Trinajstić information content (AvgIpc) is 2.18. The zero-order valence-corrected chi connectivity index (χ0v) is 12.8. The van der Waals surface area contributed by atoms with E-state index in [0.29, 0.717) is 17.9 Å². The smallest absolute Gasteiger partial charge is 0.224 e. The van der Waals surface area contributed by atoms with Gasteiger partial charge >= 0.3 is 0 Å². The van der Waals surface area contributed by atoms with Crippen LogP contribution in [0.25, 0.3) is 0 Å². The first-order chi connectivity index (χ1) is 7.78. The predicted molar refractivity (Wildman–Crippen MR) is 80.3 cm³/mol. The highest BCUT2D eigenvalue weighted by Gasteiger charge is 2.13. The number of carbonyl (C=O) groups excluding carboxylic acids is 1. The summed E-state index contributed by atoms with van der Waals surface area (Å²) < 4.78 is 0.926. The van der Waals surface area contributed by atoms with Gasteiger partial charge in [-0.3, -0.25) is 4.79 Å². The summed E-state index contributed by atoms with van der Waals surface area (Å²) in [6, 6.07) is 5.37. The lowest BCUT2D eigenvalue weighted by Crippen LogP contribution is -2.33. The maximum absolute atomic E-state index is 11.7. The third-order valence-corrected chi connectivity index (χ3v) is 3.33. The Morgan fingerprint density at radius 2 is 2.18 bits per heavy atom. The van der Waals surface area contributed by atoms with Crippen LogP contribution >= 0.6 is 34.2 Å². The molecule has 0 fully saturated rings. The molecule has 3 nitrogen and oxygen atoms in total. The van der Waals surface area contributed by atoms with E-state index in [1.807, 2.05) is 19.9 Å². The molecule has 1 aromatic carbocycles. The van der Waals surface area contributed by atoms with Crippen molar-refractivity contribution in [2.45, 2.75) is 32.2 Å². The highest BCUT2D eigenvalue weighted by atomic mass is 127. The van der Waals surface area contributed by atoms with Gasteiger partial charge in [0.25, 0.3) is 0 Å². The molecule has 17 heavy (non-hydrogen) atoms. The zero-order valence-electron chi connectivity index (χ0n) is 9.89. The van der Waals surface area contributed by atoms with E-state index in [0.717, 1.165) is 9.26 Å². The molecule has 0 atom stereocenters. The molecule has 0 aliphatic carbocycles. The van der Waals surface area contributed by atoms with Crippen molar-refractivity contribution in [3.05, 3.63) is 26.8 Å². The standard InChI is InChI=1S/C12H16ClIN2O/c1-12(2,15)6-5-11(17)16-10-4-3-8(13)7-9(10)14/h3-4,7H,5-6,15H2,1-2H3,(H,16,17). The Bertz CT molecular complexity index is 415. The van der Waals surface area contributed by atoms with Crippen LogP contribution in [0.15, 0.2) is 18.2 Å². The number of halogens is 2. The van der Waals surface area contributed by atoms with Crippen molar-refractivity contribution in [3.8, 4) is 0 Å². The predicted octanol–water partition coefficient (Wildman–Crippen LogP) is 3.40. The van der Waals surface area contributed by atoms with Crippen LogP contribution in [0.5, 0.6) is 0 Å². The van der Waals surface area contributed by atoms with Crippen LogP contribution in [0.3, 0.4) is 0 Å². The van der Waals surface area contributed by atoms with Crippen molar-refractivity contribution >= 4 is 45.8 Å². The summed E-state index contributed by atoms with van der Waals surface area (Å²) in [5.41, 5.74) is 6.30. The second kappa shape index (κ2) is 6.02. The van der Waals surface area contributed by atoms with E-state index < -0.39 is 0 Å². The topological polar surface area (TPSA) is 55.1 Å². The van der Waals surface area contributed by atoms with Crippen LogP contribution in [0, 0.1) is 3.57 Å². The van der Waals surface area contributed by atoms with Gasteiger partial charge in [-0.05, 0) is 61.1 Å². The summed E-state index contributed by atoms with van der Waals surface area (Å²) in [7, 11) is 0. The molecule has 0 saturated heterocycles. The number of hydrogen-bond donors (Lipinski definition) is 2. The first-order valence-corrected chi connectivity index (χ1v) is 6.77. The number of rotatable bonds is 4. The molecule has 0 spiro atoms. The molecule has 0 unspecified atom stereocenters. The van der Waals surface area contributed by atoms with Crippen LogP contribution in [0.4, 0.5) is 5.69 Å². The van der Waals surface area contributed by atoms with Gasteiger partial charge in [-0.15, -0.1) is 0 Å². The highest BCUT2D eigenvalue weighted by molar-refractivity contribution is 14.1. The van der Waals surface area contributed by atoms with E-state index >= 15 is 0 Å². The van der Waals surface area contributed by atoms with Crippen LogP contribution in [0.2, 0.25) is 5.02 Å². The molecule has 0 aromatic heterocycles. The first kappa shape index (κ1) is 14.7. The van der Waals surface area contributed by atoms with E-state index in [4.69, 9.17) is 17.3 Å². The third-order valence-electron chi connectivity index (χ3n) is 2.20. The highest BCUT2D eigenvalue weighted by Crippen LogP contribution is 2.22. The van der Waals surface area contributed by atoms with Gasteiger partial charge in [-0.1, -0.05) is 11.6 Å². The van der Waals surface area contributed by atoms with E-state index in [9.17, 15) is 4.79 Å². The molecule has 94 valence electrons. The number of amides is 1. The fourth-order valence-corrected chi connectivity index (χ4v) is 2.25. The summed E-state index contributed by atoms with van der Waals surface area (Å²) in [5.74, 6) is -0.0243. The maximum Gasteiger partial charge on any atom is 0.224 e. The number of nitrogens with one attached hydrogen (secondary N) is 1. The SMILES string of the molecule is CC(C)(N)CCC(=O)Nc1ccc(Cl)cc1I. The van der Waals surface area contributed by atoms with Crippen molar-refractivity contribution in [1.29, 1.82) is 0 Å². The number of carbonyl (C=O) groups is 1. The van der Waals surface area contributed by atoms with Gasteiger partial charge in [0.2, 0.25) is 5.91 Å². The average molecular weight is 367 g/mol. The first-order valence-electron chi connectivity index (χ1n) is 5.32. The number of anilines is 1. The quantitative estimate of drug-likeness (QED) is 0.803. The summed E-state index contributed by atoms with van der Waals surface area (Å²) in [4.78, 5) is 11.7. The lowest BCUT2D eigenvalue weighted by Gasteiger charge is -2.17. The van der Waals surface area contributed by atoms with Crippen molar-refractivity contribution in [2.24, 2.45) is 5.73 Å². The molecule has 0 saturated carbocycles. The normalized spacial score (nSPS) is 11.4. The largest absolute Gasteiger partial charge is 0.326 e. The second-order valence-electron chi connectivity index (χ2n) is 4.66. The lowest BCUT2D eigenvalue weighted by molar-refractivity contribution is -0.116. The van der Waals surface area contributed by atoms with Gasteiger partial charge in [-0.25, -0.2) is 0 Å². The number of benzene rings is 1. The molecular formula is C12H16ClIN2O. The van der Waals surface area contributed by atoms with Crippen molar-refractivity contribution in [1.82, 2.24) is 0 Å². The maximum atomic E-state index is 11.7. The fraction of sp³-hybridized carbons (Fsp3) is 0.417. The van der Waals surface area contributed by atoms with Crippen LogP contribution in [0.1, 0.15) is 26.7 Å². The summed E-state index contributed by atoms with van der Waals surface area (Å²) in [6.45, 7) is 3.82. The third kappa shape index (κ3) is 5.70. The van der Waals surface area contributed by atoms with E-state index in [1.54, 1.807) is 12.1 Å². The van der Waals surface area contributed by atoms with E-state index in [-0.39, 0.29) is 11.4 Å². The van der Waals surface area contributed by atoms with Crippen LogP contribution in [-0.2, 0) is 4.79 Å². The molecule has 0 aliphatic heterocycles. The molecule has 0 bridgehead atoms. The van der Waals surface area contributed by atoms with E-state index in [1.165, 1.54) is 0 Å². The minimum atomic E-state index is -0.315. The van der Waals surface area contributed by atoms with Crippen molar-refractivity contribution in [2.75, 3.05) is 5.32 Å². The Balaban J connectivity index is 2.57. The van der Waals surface area contributed by atoms with E-state index in [2.05, 4.69) is 27.9 Å². The molecule has 0 radical (unpaired) electrons. The zero-order chi connectivity index (χ0) is 13.1. The molecule has 1 rings (SSSR count). The molecule has 3 N–H and O–H groups in total. The Kier molecular flexibility index (Phi) is 5.22. The van der Waals surface area contributed by atoms with Crippen LogP contribution < -0.4 is 11.1 Å². The monoisotopic (exact) mass is 366 g/mol. The Labute approximate surface area is 120 Å². The summed E-state index contributed by atoms with van der Waals surface area (Å²) in [6.07, 6.45) is 1.07. The minimum Gasteiger partial charge on any atom is -0.326 e.